The summed E-state index contributed by atoms with van der Waals surface area (Å²) in [6.07, 6.45) is 0. The first kappa shape index (κ1) is 11.0. The van der Waals surface area contributed by atoms with Gasteiger partial charge in [-0.3, -0.25) is 19.7 Å². The number of rotatable bonds is 1. The minimum Gasteiger partial charge on any atom is -0.318 e. The summed E-state index contributed by atoms with van der Waals surface area (Å²) >= 11 is 6.43. The van der Waals surface area contributed by atoms with E-state index in [0.717, 1.165) is 16.2 Å². The van der Waals surface area contributed by atoms with Gasteiger partial charge in [-0.05, 0) is 11.6 Å². The zero-order valence-electron chi connectivity index (χ0n) is 7.77. The van der Waals surface area contributed by atoms with Crippen LogP contribution in [0.3, 0.4) is 0 Å². The van der Waals surface area contributed by atoms with Gasteiger partial charge in [-0.2, -0.15) is 0 Å². The highest BCUT2D eigenvalue weighted by molar-refractivity contribution is 7.17. The van der Waals surface area contributed by atoms with Crippen molar-refractivity contribution in [3.8, 4) is 0 Å². The van der Waals surface area contributed by atoms with Crippen LogP contribution in [0.4, 0.5) is 0 Å². The summed E-state index contributed by atoms with van der Waals surface area (Å²) in [5.41, 5.74) is 0. The molecule has 1 aliphatic rings. The van der Waals surface area contributed by atoms with Crippen molar-refractivity contribution in [3.63, 3.8) is 0 Å². The summed E-state index contributed by atoms with van der Waals surface area (Å²) in [5.74, 6) is -1.55. The molecular weight excluding hydrogens is 256 g/mol. The predicted molar refractivity (Wildman–Crippen MR) is 54.0 cm³/mol. The molecule has 0 atom stereocenters. The number of hydrogen-bond donors (Lipinski definition) is 1. The molecule has 16 heavy (non-hydrogen) atoms. The fraction of sp³-hybridized carbons (Fsp3) is 0.286. The lowest BCUT2D eigenvalue weighted by Gasteiger charge is -2.24. The number of aromatic nitrogens is 2. The number of amides is 3. The van der Waals surface area contributed by atoms with Crippen LogP contribution in [0.5, 0.6) is 0 Å². The van der Waals surface area contributed by atoms with Crippen LogP contribution in [-0.2, 0) is 9.59 Å². The lowest BCUT2D eigenvalue weighted by Crippen LogP contribution is -2.53. The van der Waals surface area contributed by atoms with Crippen LogP contribution in [0.25, 0.3) is 0 Å². The van der Waals surface area contributed by atoms with E-state index >= 15 is 0 Å². The SMILES string of the molecule is O=C1CN(C(=O)c2nnc(Cl)s2)CC(=O)N1. The number of carbonyl (C=O) groups excluding carboxylic acids is 3. The number of piperazine rings is 1. The van der Waals surface area contributed by atoms with E-state index in [-0.39, 0.29) is 22.6 Å². The Balaban J connectivity index is 2.15. The average molecular weight is 261 g/mol. The quantitative estimate of drug-likeness (QED) is 0.674. The second kappa shape index (κ2) is 4.14. The molecule has 1 N–H and O–H groups in total. The van der Waals surface area contributed by atoms with Crippen LogP contribution in [0.2, 0.25) is 4.47 Å². The molecule has 1 aromatic rings. The Morgan fingerprint density at radius 2 is 1.94 bits per heavy atom. The molecule has 0 spiro atoms. The second-order valence-electron chi connectivity index (χ2n) is 2.99. The highest BCUT2D eigenvalue weighted by Crippen LogP contribution is 2.16. The first-order chi connectivity index (χ1) is 7.56. The minimum absolute atomic E-state index is 0.0625. The Labute approximate surface area is 98.4 Å². The van der Waals surface area contributed by atoms with Crippen molar-refractivity contribution >= 4 is 40.7 Å². The summed E-state index contributed by atoms with van der Waals surface area (Å²) in [5, 5.41) is 9.17. The van der Waals surface area contributed by atoms with Crippen LogP contribution in [0, 0.1) is 0 Å². The van der Waals surface area contributed by atoms with Gasteiger partial charge in [-0.15, -0.1) is 10.2 Å². The molecule has 1 aromatic heterocycles. The predicted octanol–water partition coefficient (Wildman–Crippen LogP) is -0.710. The third-order valence-electron chi connectivity index (χ3n) is 1.82. The number of carbonyl (C=O) groups is 3. The minimum atomic E-state index is -0.521. The van der Waals surface area contributed by atoms with Gasteiger partial charge in [0.2, 0.25) is 21.3 Å². The van der Waals surface area contributed by atoms with Gasteiger partial charge < -0.3 is 4.90 Å². The number of nitrogens with zero attached hydrogens (tertiary/aromatic N) is 3. The maximum Gasteiger partial charge on any atom is 0.285 e. The molecule has 7 nitrogen and oxygen atoms in total. The van der Waals surface area contributed by atoms with Crippen molar-refractivity contribution in [1.82, 2.24) is 20.4 Å². The van der Waals surface area contributed by atoms with E-state index in [1.807, 2.05) is 0 Å². The molecule has 1 fully saturated rings. The molecule has 0 saturated carbocycles. The molecule has 0 aromatic carbocycles. The Kier molecular flexibility index (Phi) is 2.84. The van der Waals surface area contributed by atoms with Gasteiger partial charge in [-0.25, -0.2) is 0 Å². The Morgan fingerprint density at radius 1 is 1.31 bits per heavy atom. The molecule has 1 saturated heterocycles. The van der Waals surface area contributed by atoms with Crippen LogP contribution in [0.1, 0.15) is 9.80 Å². The maximum absolute atomic E-state index is 11.7. The van der Waals surface area contributed by atoms with E-state index in [4.69, 9.17) is 11.6 Å². The number of imide groups is 1. The van der Waals surface area contributed by atoms with E-state index in [0.29, 0.717) is 0 Å². The fourth-order valence-electron chi connectivity index (χ4n) is 1.21. The Bertz CT molecular complexity index is 458. The van der Waals surface area contributed by atoms with Crippen LogP contribution >= 0.6 is 22.9 Å². The first-order valence-electron chi connectivity index (χ1n) is 4.17. The largest absolute Gasteiger partial charge is 0.318 e. The number of halogens is 1. The number of hydrogen-bond acceptors (Lipinski definition) is 6. The van der Waals surface area contributed by atoms with Crippen molar-refractivity contribution in [3.05, 3.63) is 9.47 Å². The van der Waals surface area contributed by atoms with Crippen molar-refractivity contribution in [1.29, 1.82) is 0 Å². The molecule has 1 aliphatic heterocycles. The molecule has 0 radical (unpaired) electrons. The zero-order chi connectivity index (χ0) is 11.7. The third-order valence-corrected chi connectivity index (χ3v) is 2.83. The lowest BCUT2D eigenvalue weighted by atomic mass is 10.3. The van der Waals surface area contributed by atoms with Gasteiger partial charge in [-0.1, -0.05) is 11.3 Å². The summed E-state index contributed by atoms with van der Waals surface area (Å²) in [4.78, 5) is 34.9. The van der Waals surface area contributed by atoms with E-state index < -0.39 is 17.7 Å². The van der Waals surface area contributed by atoms with Gasteiger partial charge in [0, 0.05) is 0 Å². The van der Waals surface area contributed by atoms with E-state index in [9.17, 15) is 14.4 Å². The summed E-state index contributed by atoms with van der Waals surface area (Å²) in [6.45, 7) is -0.330. The molecule has 2 rings (SSSR count). The van der Waals surface area contributed by atoms with E-state index in [1.54, 1.807) is 0 Å². The average Bonchev–Trinajstić information content (AvgIpc) is 2.62. The van der Waals surface area contributed by atoms with Gasteiger partial charge in [0.15, 0.2) is 0 Å². The van der Waals surface area contributed by atoms with E-state index in [1.165, 1.54) is 0 Å². The molecule has 84 valence electrons. The standard InChI is InChI=1S/C7H5ClN4O3S/c8-7-11-10-5(16-7)6(15)12-1-3(13)9-4(14)2-12/h1-2H2,(H,9,13,14). The molecule has 0 bridgehead atoms. The van der Waals surface area contributed by atoms with Crippen LogP contribution in [0.15, 0.2) is 0 Å². The van der Waals surface area contributed by atoms with Crippen LogP contribution in [-0.4, -0.2) is 45.9 Å². The van der Waals surface area contributed by atoms with Gasteiger partial charge >= 0.3 is 0 Å². The number of nitrogens with one attached hydrogen (secondary N) is 1. The zero-order valence-corrected chi connectivity index (χ0v) is 9.34. The summed E-state index contributed by atoms with van der Waals surface area (Å²) in [6, 6.07) is 0. The van der Waals surface area contributed by atoms with Gasteiger partial charge in [0.1, 0.15) is 13.1 Å². The lowest BCUT2D eigenvalue weighted by molar-refractivity contribution is -0.135. The third kappa shape index (κ3) is 2.17. The summed E-state index contributed by atoms with van der Waals surface area (Å²) in [7, 11) is 0. The highest BCUT2D eigenvalue weighted by atomic mass is 35.5. The van der Waals surface area contributed by atoms with Crippen molar-refractivity contribution in [2.45, 2.75) is 0 Å². The molecule has 2 heterocycles. The van der Waals surface area contributed by atoms with Gasteiger partial charge in [0.25, 0.3) is 5.91 Å². The first-order valence-corrected chi connectivity index (χ1v) is 5.36. The molecule has 9 heteroatoms. The van der Waals surface area contributed by atoms with Gasteiger partial charge in [0.05, 0.1) is 0 Å². The van der Waals surface area contributed by atoms with E-state index in [2.05, 4.69) is 15.5 Å². The topological polar surface area (TPSA) is 92.3 Å². The molecule has 0 unspecified atom stereocenters. The smallest absolute Gasteiger partial charge is 0.285 e. The Hall–Kier alpha value is -1.54. The Morgan fingerprint density at radius 3 is 2.44 bits per heavy atom. The normalized spacial score (nSPS) is 16.2. The second-order valence-corrected chi connectivity index (χ2v) is 4.55. The van der Waals surface area contributed by atoms with Crippen molar-refractivity contribution in [2.24, 2.45) is 0 Å². The summed E-state index contributed by atoms with van der Waals surface area (Å²) < 4.78 is 0.135. The molecule has 0 aliphatic carbocycles. The highest BCUT2D eigenvalue weighted by Gasteiger charge is 2.28. The molecule has 3 amide bonds. The fourth-order valence-corrected chi connectivity index (χ4v) is 2.00. The monoisotopic (exact) mass is 260 g/mol. The maximum atomic E-state index is 11.7. The van der Waals surface area contributed by atoms with Crippen LogP contribution < -0.4 is 5.32 Å². The molecular formula is C7H5ClN4O3S. The van der Waals surface area contributed by atoms with Crippen molar-refractivity contribution < 1.29 is 14.4 Å². The van der Waals surface area contributed by atoms with Crippen molar-refractivity contribution in [2.75, 3.05) is 13.1 Å².